The molecule has 1 aliphatic heterocycles. The monoisotopic (exact) mass is 497 g/mol. The molecule has 0 radical (unpaired) electrons. The summed E-state index contributed by atoms with van der Waals surface area (Å²) >= 11 is 0. The van der Waals surface area contributed by atoms with Crippen molar-refractivity contribution in [2.24, 2.45) is 0 Å². The molecule has 36 heavy (non-hydrogen) atoms. The zero-order valence-corrected chi connectivity index (χ0v) is 21.0. The van der Waals surface area contributed by atoms with Gasteiger partial charge in [-0.05, 0) is 63.5 Å². The van der Waals surface area contributed by atoms with E-state index >= 15 is 0 Å². The molecule has 1 fully saturated rings. The standard InChI is InChI=1S/C26H35N5O5/c1-17-21(23(35-2)29-16-28-17)26(11-12-26)25(34)31-20(24(32)33)10-15-36-14-4-3-7-19-9-8-18-6-5-13-27-22(18)30-19/h8-9,16,20H,3-7,10-15H2,1-2H3,(H,27,30)(H,31,34)(H,32,33)/t20-/m0/s1. The number of carboxylic acids is 1. The molecule has 0 unspecified atom stereocenters. The summed E-state index contributed by atoms with van der Waals surface area (Å²) < 4.78 is 11.0. The van der Waals surface area contributed by atoms with Crippen LogP contribution in [0.5, 0.6) is 5.88 Å². The zero-order valence-electron chi connectivity index (χ0n) is 21.0. The number of unbranched alkanes of at least 4 members (excludes halogenated alkanes) is 1. The predicted octanol–water partition coefficient (Wildman–Crippen LogP) is 2.58. The van der Waals surface area contributed by atoms with Gasteiger partial charge in [0.1, 0.15) is 18.2 Å². The van der Waals surface area contributed by atoms with Crippen LogP contribution in [0.15, 0.2) is 18.5 Å². The van der Waals surface area contributed by atoms with E-state index in [1.54, 1.807) is 6.92 Å². The second-order valence-electron chi connectivity index (χ2n) is 9.49. The summed E-state index contributed by atoms with van der Waals surface area (Å²) in [6.45, 7) is 3.56. The topological polar surface area (TPSA) is 136 Å². The third kappa shape index (κ3) is 5.92. The maximum Gasteiger partial charge on any atom is 0.326 e. The Kier molecular flexibility index (Phi) is 8.35. The molecular formula is C26H35N5O5. The molecule has 1 amide bonds. The Bertz CT molecular complexity index is 1090. The van der Waals surface area contributed by atoms with E-state index in [4.69, 9.17) is 14.5 Å². The molecule has 1 aliphatic carbocycles. The van der Waals surface area contributed by atoms with E-state index < -0.39 is 17.4 Å². The number of carbonyl (C=O) groups is 2. The number of rotatable bonds is 13. The summed E-state index contributed by atoms with van der Waals surface area (Å²) in [6, 6.07) is 3.23. The fraction of sp³-hybridized carbons (Fsp3) is 0.577. The van der Waals surface area contributed by atoms with E-state index in [9.17, 15) is 14.7 Å². The number of carboxylic acid groups (broad SMARTS) is 1. The van der Waals surface area contributed by atoms with Crippen LogP contribution >= 0.6 is 0 Å². The van der Waals surface area contributed by atoms with Crippen LogP contribution in [0.25, 0.3) is 0 Å². The Labute approximate surface area is 211 Å². The largest absolute Gasteiger partial charge is 0.481 e. The van der Waals surface area contributed by atoms with Crippen molar-refractivity contribution in [1.29, 1.82) is 0 Å². The highest BCUT2D eigenvalue weighted by molar-refractivity contribution is 5.94. The number of anilines is 1. The Morgan fingerprint density at radius 2 is 2.06 bits per heavy atom. The van der Waals surface area contributed by atoms with Crippen molar-refractivity contribution in [2.45, 2.75) is 69.7 Å². The highest BCUT2D eigenvalue weighted by Gasteiger charge is 2.55. The van der Waals surface area contributed by atoms with Gasteiger partial charge in [0.05, 0.1) is 18.1 Å². The normalized spacial score (nSPS) is 16.4. The molecule has 0 spiro atoms. The van der Waals surface area contributed by atoms with Gasteiger partial charge < -0.3 is 25.2 Å². The fourth-order valence-corrected chi connectivity index (χ4v) is 4.75. The van der Waals surface area contributed by atoms with Gasteiger partial charge in [0, 0.05) is 37.6 Å². The first-order chi connectivity index (χ1) is 17.4. The van der Waals surface area contributed by atoms with E-state index in [1.165, 1.54) is 19.0 Å². The Morgan fingerprint density at radius 3 is 2.81 bits per heavy atom. The lowest BCUT2D eigenvalue weighted by Crippen LogP contribution is -2.46. The number of ether oxygens (including phenoxy) is 2. The summed E-state index contributed by atoms with van der Waals surface area (Å²) in [5, 5.41) is 15.7. The number of pyridine rings is 1. The number of hydrogen-bond acceptors (Lipinski definition) is 8. The van der Waals surface area contributed by atoms with Crippen molar-refractivity contribution in [3.63, 3.8) is 0 Å². The summed E-state index contributed by atoms with van der Waals surface area (Å²) in [5.74, 6) is -0.0497. The maximum absolute atomic E-state index is 13.1. The van der Waals surface area contributed by atoms with E-state index in [1.807, 2.05) is 0 Å². The Hall–Kier alpha value is -3.27. The Balaban J connectivity index is 1.20. The molecule has 2 aromatic rings. The van der Waals surface area contributed by atoms with Crippen molar-refractivity contribution < 1.29 is 24.2 Å². The predicted molar refractivity (Wildman–Crippen MR) is 133 cm³/mol. The van der Waals surface area contributed by atoms with Crippen LogP contribution in [0.1, 0.15) is 61.0 Å². The van der Waals surface area contributed by atoms with Crippen LogP contribution < -0.4 is 15.4 Å². The van der Waals surface area contributed by atoms with Crippen molar-refractivity contribution in [3.8, 4) is 5.88 Å². The smallest absolute Gasteiger partial charge is 0.326 e. The second kappa shape index (κ2) is 11.6. The zero-order chi connectivity index (χ0) is 25.5. The molecule has 194 valence electrons. The average Bonchev–Trinajstić information content (AvgIpc) is 3.68. The number of hydrogen-bond donors (Lipinski definition) is 3. The first-order valence-electron chi connectivity index (χ1n) is 12.6. The first-order valence-corrected chi connectivity index (χ1v) is 12.6. The number of nitrogens with one attached hydrogen (secondary N) is 2. The van der Waals surface area contributed by atoms with Crippen molar-refractivity contribution >= 4 is 17.7 Å². The number of carbonyl (C=O) groups excluding carboxylic acids is 1. The second-order valence-corrected chi connectivity index (χ2v) is 9.49. The van der Waals surface area contributed by atoms with Gasteiger partial charge in [-0.2, -0.15) is 0 Å². The minimum Gasteiger partial charge on any atom is -0.481 e. The van der Waals surface area contributed by atoms with Gasteiger partial charge in [-0.3, -0.25) is 4.79 Å². The van der Waals surface area contributed by atoms with E-state index in [0.29, 0.717) is 36.6 Å². The number of amides is 1. The molecule has 10 nitrogen and oxygen atoms in total. The van der Waals surface area contributed by atoms with Gasteiger partial charge in [-0.1, -0.05) is 6.07 Å². The van der Waals surface area contributed by atoms with E-state index in [2.05, 4.69) is 32.7 Å². The van der Waals surface area contributed by atoms with Crippen molar-refractivity contribution in [3.05, 3.63) is 41.0 Å². The maximum atomic E-state index is 13.1. The lowest BCUT2D eigenvalue weighted by atomic mass is 9.93. The van der Waals surface area contributed by atoms with Gasteiger partial charge >= 0.3 is 5.97 Å². The number of aliphatic carboxylic acids is 1. The average molecular weight is 498 g/mol. The van der Waals surface area contributed by atoms with Crippen LogP contribution in [0, 0.1) is 6.92 Å². The summed E-state index contributed by atoms with van der Waals surface area (Å²) in [6.07, 6.45) is 7.68. The molecule has 4 rings (SSSR count). The van der Waals surface area contributed by atoms with Crippen LogP contribution in [0.3, 0.4) is 0 Å². The number of methoxy groups -OCH3 is 1. The third-order valence-electron chi connectivity index (χ3n) is 6.94. The van der Waals surface area contributed by atoms with Crippen LogP contribution in [0.4, 0.5) is 5.82 Å². The van der Waals surface area contributed by atoms with Crippen LogP contribution in [-0.2, 0) is 32.6 Å². The van der Waals surface area contributed by atoms with Gasteiger partial charge in [-0.15, -0.1) is 0 Å². The molecule has 0 saturated heterocycles. The minimum absolute atomic E-state index is 0.191. The number of nitrogens with zero attached hydrogens (tertiary/aromatic N) is 3. The summed E-state index contributed by atoms with van der Waals surface area (Å²) in [4.78, 5) is 38.0. The lowest BCUT2D eigenvalue weighted by molar-refractivity contribution is -0.142. The SMILES string of the molecule is COc1ncnc(C)c1C1(C(=O)N[C@@H](CCOCCCCc2ccc3c(n2)NCCC3)C(=O)O)CC1. The summed E-state index contributed by atoms with van der Waals surface area (Å²) in [5.41, 5.74) is 2.81. The van der Waals surface area contributed by atoms with Gasteiger partial charge in [0.2, 0.25) is 11.8 Å². The molecule has 1 atom stereocenters. The van der Waals surface area contributed by atoms with Gasteiger partial charge in [0.25, 0.3) is 0 Å². The van der Waals surface area contributed by atoms with E-state index in [0.717, 1.165) is 50.2 Å². The van der Waals surface area contributed by atoms with Gasteiger partial charge in [-0.25, -0.2) is 19.7 Å². The highest BCUT2D eigenvalue weighted by Crippen LogP contribution is 2.52. The number of aromatic nitrogens is 3. The molecule has 0 aromatic carbocycles. The van der Waals surface area contributed by atoms with Gasteiger partial charge in [0.15, 0.2) is 0 Å². The summed E-state index contributed by atoms with van der Waals surface area (Å²) in [7, 11) is 1.50. The quantitative estimate of drug-likeness (QED) is 0.357. The van der Waals surface area contributed by atoms with Crippen molar-refractivity contribution in [1.82, 2.24) is 20.3 Å². The number of fused-ring (bicyclic) bond motifs is 1. The number of aryl methyl sites for hydroxylation is 3. The molecule has 2 aliphatic rings. The van der Waals surface area contributed by atoms with Crippen LogP contribution in [-0.4, -0.2) is 64.8 Å². The third-order valence-corrected chi connectivity index (χ3v) is 6.94. The highest BCUT2D eigenvalue weighted by atomic mass is 16.5. The van der Waals surface area contributed by atoms with Crippen LogP contribution in [0.2, 0.25) is 0 Å². The lowest BCUT2D eigenvalue weighted by Gasteiger charge is -2.22. The molecule has 1 saturated carbocycles. The molecule has 0 bridgehead atoms. The van der Waals surface area contributed by atoms with Crippen molar-refractivity contribution in [2.75, 3.05) is 32.2 Å². The molecule has 10 heteroatoms. The first kappa shape index (κ1) is 25.8. The minimum atomic E-state index is -1.08. The van der Waals surface area contributed by atoms with E-state index in [-0.39, 0.29) is 18.9 Å². The molecule has 2 aromatic heterocycles. The molecule has 3 heterocycles. The molecule has 3 N–H and O–H groups in total. The Morgan fingerprint density at radius 1 is 1.22 bits per heavy atom. The molecular weight excluding hydrogens is 462 g/mol. The fourth-order valence-electron chi connectivity index (χ4n) is 4.75.